The summed E-state index contributed by atoms with van der Waals surface area (Å²) in [7, 11) is 0. The molecule has 0 atom stereocenters. The number of nitrogens with one attached hydrogen (secondary N) is 1. The molecule has 1 N–H and O–H groups in total. The number of hydrogen-bond acceptors (Lipinski definition) is 7. The maximum absolute atomic E-state index is 11.9. The molecule has 1 amide bonds. The van der Waals surface area contributed by atoms with Crippen LogP contribution in [-0.4, -0.2) is 30.4 Å². The zero-order chi connectivity index (χ0) is 21.0. The highest BCUT2D eigenvalue weighted by Crippen LogP contribution is 2.37. The Bertz CT molecular complexity index is 948. The molecule has 0 fully saturated rings. The van der Waals surface area contributed by atoms with Crippen molar-refractivity contribution in [2.24, 2.45) is 5.10 Å². The highest BCUT2D eigenvalue weighted by Gasteiger charge is 2.22. The minimum absolute atomic E-state index is 0.00209. The quantitative estimate of drug-likeness (QED) is 0.454. The lowest BCUT2D eigenvalue weighted by molar-refractivity contribution is -0.385. The minimum atomic E-state index is -0.560. The fraction of sp³-hybridized carbons (Fsp3) is 0.300. The van der Waals surface area contributed by atoms with Gasteiger partial charge in [-0.25, -0.2) is 5.43 Å². The van der Waals surface area contributed by atoms with Crippen LogP contribution in [-0.2, 0) is 10.2 Å². The van der Waals surface area contributed by atoms with E-state index in [1.807, 2.05) is 12.1 Å². The number of fused-ring (bicyclic) bond motifs is 1. The van der Waals surface area contributed by atoms with Crippen molar-refractivity contribution in [3.05, 3.63) is 57.6 Å². The maximum atomic E-state index is 11.9. The van der Waals surface area contributed by atoms with Crippen LogP contribution < -0.4 is 19.6 Å². The van der Waals surface area contributed by atoms with Crippen molar-refractivity contribution in [3.8, 4) is 17.2 Å². The van der Waals surface area contributed by atoms with Gasteiger partial charge in [-0.15, -0.1) is 0 Å². The number of carbonyl (C=O) groups is 1. The molecule has 1 heterocycles. The summed E-state index contributed by atoms with van der Waals surface area (Å²) < 4.78 is 15.8. The Morgan fingerprint density at radius 1 is 1.24 bits per heavy atom. The Balaban J connectivity index is 1.57. The van der Waals surface area contributed by atoms with Crippen LogP contribution >= 0.6 is 0 Å². The van der Waals surface area contributed by atoms with E-state index in [0.29, 0.717) is 17.2 Å². The van der Waals surface area contributed by atoms with Gasteiger partial charge in [0.25, 0.3) is 11.6 Å². The molecule has 1 aliphatic rings. The van der Waals surface area contributed by atoms with E-state index in [1.54, 1.807) is 12.1 Å². The Morgan fingerprint density at radius 3 is 2.52 bits per heavy atom. The molecule has 0 spiro atoms. The number of nitro groups is 1. The smallest absolute Gasteiger partial charge is 0.282 e. The fourth-order valence-electron chi connectivity index (χ4n) is 2.61. The number of hydrazone groups is 1. The molecule has 0 saturated carbocycles. The highest BCUT2D eigenvalue weighted by atomic mass is 16.7. The predicted molar refractivity (Wildman–Crippen MR) is 106 cm³/mol. The van der Waals surface area contributed by atoms with Crippen molar-refractivity contribution in [3.63, 3.8) is 0 Å². The number of carbonyl (C=O) groups excluding carboxylic acids is 1. The van der Waals surface area contributed by atoms with Gasteiger partial charge < -0.3 is 14.2 Å². The van der Waals surface area contributed by atoms with E-state index in [4.69, 9.17) is 14.2 Å². The average Bonchev–Trinajstić information content (AvgIpc) is 3.12. The molecule has 0 radical (unpaired) electrons. The van der Waals surface area contributed by atoms with Gasteiger partial charge in [-0.05, 0) is 29.2 Å². The molecule has 2 aromatic rings. The topological polar surface area (TPSA) is 112 Å². The van der Waals surface area contributed by atoms with Gasteiger partial charge in [0, 0.05) is 0 Å². The molecule has 9 heteroatoms. The SMILES string of the molecule is CC(C)(C)c1ccc(OCC(=O)N/N=C\c2cc3c(cc2[N+](=O)[O-])OCO3)cc1. The molecule has 3 rings (SSSR count). The monoisotopic (exact) mass is 399 g/mol. The molecule has 9 nitrogen and oxygen atoms in total. The van der Waals surface area contributed by atoms with Crippen molar-refractivity contribution >= 4 is 17.8 Å². The third-order valence-electron chi connectivity index (χ3n) is 4.20. The minimum Gasteiger partial charge on any atom is -0.484 e. The van der Waals surface area contributed by atoms with Crippen LogP contribution in [0.5, 0.6) is 17.2 Å². The van der Waals surface area contributed by atoms with E-state index in [1.165, 1.54) is 18.3 Å². The summed E-state index contributed by atoms with van der Waals surface area (Å²) in [5.41, 5.74) is 3.44. The highest BCUT2D eigenvalue weighted by molar-refractivity contribution is 5.88. The average molecular weight is 399 g/mol. The first-order valence-electron chi connectivity index (χ1n) is 8.87. The second-order valence-corrected chi connectivity index (χ2v) is 7.38. The molecule has 2 aromatic carbocycles. The summed E-state index contributed by atoms with van der Waals surface area (Å²) in [6, 6.07) is 10.2. The Hall–Kier alpha value is -3.62. The van der Waals surface area contributed by atoms with Crippen molar-refractivity contribution in [1.29, 1.82) is 0 Å². The van der Waals surface area contributed by atoms with E-state index in [0.717, 1.165) is 5.56 Å². The third kappa shape index (κ3) is 5.01. The number of rotatable bonds is 6. The molecule has 0 aromatic heterocycles. The van der Waals surface area contributed by atoms with Gasteiger partial charge in [0.1, 0.15) is 5.75 Å². The fourth-order valence-corrected chi connectivity index (χ4v) is 2.61. The van der Waals surface area contributed by atoms with Gasteiger partial charge in [-0.1, -0.05) is 32.9 Å². The summed E-state index contributed by atoms with van der Waals surface area (Å²) in [4.78, 5) is 22.6. The normalized spacial score (nSPS) is 12.8. The number of nitrogens with zero attached hydrogens (tertiary/aromatic N) is 2. The van der Waals surface area contributed by atoms with Crippen molar-refractivity contribution in [1.82, 2.24) is 5.43 Å². The molecule has 1 aliphatic heterocycles. The Morgan fingerprint density at radius 2 is 1.90 bits per heavy atom. The van der Waals surface area contributed by atoms with Gasteiger partial charge in [0.05, 0.1) is 22.8 Å². The molecule has 0 bridgehead atoms. The third-order valence-corrected chi connectivity index (χ3v) is 4.20. The number of nitro benzene ring substituents is 1. The number of amides is 1. The van der Waals surface area contributed by atoms with E-state index < -0.39 is 10.8 Å². The molecule has 0 saturated heterocycles. The molecule has 0 aliphatic carbocycles. The molecule has 152 valence electrons. The Kier molecular flexibility index (Phi) is 5.67. The van der Waals surface area contributed by atoms with Crippen LogP contribution in [0, 0.1) is 10.1 Å². The summed E-state index contributed by atoms with van der Waals surface area (Å²) in [5, 5.41) is 15.0. The lowest BCUT2D eigenvalue weighted by Crippen LogP contribution is -2.24. The molecular formula is C20H21N3O6. The predicted octanol–water partition coefficient (Wildman–Crippen LogP) is 3.15. The van der Waals surface area contributed by atoms with Gasteiger partial charge >= 0.3 is 0 Å². The standard InChI is InChI=1S/C20H21N3O6/c1-20(2,3)14-4-6-15(7-5-14)27-11-19(24)22-21-10-13-8-17-18(29-12-28-17)9-16(13)23(25)26/h4-10H,11-12H2,1-3H3,(H,22,24)/b21-10-. The first-order chi connectivity index (χ1) is 13.7. The first-order valence-corrected chi connectivity index (χ1v) is 8.87. The van der Waals surface area contributed by atoms with E-state index in [-0.39, 0.29) is 30.1 Å². The van der Waals surface area contributed by atoms with Crippen LogP contribution in [0.1, 0.15) is 31.9 Å². The Labute approximate surface area is 167 Å². The molecule has 0 unspecified atom stereocenters. The summed E-state index contributed by atoms with van der Waals surface area (Å²) in [6.45, 7) is 6.09. The zero-order valence-corrected chi connectivity index (χ0v) is 16.3. The maximum Gasteiger partial charge on any atom is 0.282 e. The van der Waals surface area contributed by atoms with Crippen LogP contribution in [0.15, 0.2) is 41.5 Å². The largest absolute Gasteiger partial charge is 0.484 e. The number of ether oxygens (including phenoxy) is 3. The number of benzene rings is 2. The molecular weight excluding hydrogens is 378 g/mol. The lowest BCUT2D eigenvalue weighted by Gasteiger charge is -2.19. The van der Waals surface area contributed by atoms with Crippen LogP contribution in [0.4, 0.5) is 5.69 Å². The van der Waals surface area contributed by atoms with Gasteiger partial charge in [0.2, 0.25) is 6.79 Å². The second kappa shape index (κ2) is 8.17. The van der Waals surface area contributed by atoms with E-state index in [9.17, 15) is 14.9 Å². The van der Waals surface area contributed by atoms with Gasteiger partial charge in [-0.3, -0.25) is 14.9 Å². The van der Waals surface area contributed by atoms with Gasteiger partial charge in [0.15, 0.2) is 18.1 Å². The van der Waals surface area contributed by atoms with Crippen molar-refractivity contribution in [2.45, 2.75) is 26.2 Å². The lowest BCUT2D eigenvalue weighted by atomic mass is 9.87. The van der Waals surface area contributed by atoms with E-state index in [2.05, 4.69) is 31.3 Å². The molecule has 29 heavy (non-hydrogen) atoms. The summed E-state index contributed by atoms with van der Waals surface area (Å²) in [5.74, 6) is 0.738. The first kappa shape index (κ1) is 20.1. The summed E-state index contributed by atoms with van der Waals surface area (Å²) >= 11 is 0. The zero-order valence-electron chi connectivity index (χ0n) is 16.3. The summed E-state index contributed by atoms with van der Waals surface area (Å²) in [6.07, 6.45) is 1.18. The van der Waals surface area contributed by atoms with Crippen LogP contribution in [0.25, 0.3) is 0 Å². The van der Waals surface area contributed by atoms with Crippen LogP contribution in [0.3, 0.4) is 0 Å². The van der Waals surface area contributed by atoms with Crippen molar-refractivity contribution < 1.29 is 23.9 Å². The van der Waals surface area contributed by atoms with E-state index >= 15 is 0 Å². The van der Waals surface area contributed by atoms with Crippen LogP contribution in [0.2, 0.25) is 0 Å². The van der Waals surface area contributed by atoms with Crippen molar-refractivity contribution in [2.75, 3.05) is 13.4 Å². The number of hydrogen-bond donors (Lipinski definition) is 1. The van der Waals surface area contributed by atoms with Gasteiger partial charge in [-0.2, -0.15) is 5.10 Å². The second-order valence-electron chi connectivity index (χ2n) is 7.38.